The van der Waals surface area contributed by atoms with E-state index in [-0.39, 0.29) is 12.5 Å². The third-order valence-corrected chi connectivity index (χ3v) is 4.30. The summed E-state index contributed by atoms with van der Waals surface area (Å²) in [4.78, 5) is 23.5. The number of esters is 2. The summed E-state index contributed by atoms with van der Waals surface area (Å²) in [6.07, 6.45) is 3.43. The molecule has 0 aromatic heterocycles. The predicted octanol–water partition coefficient (Wildman–Crippen LogP) is 3.12. The zero-order valence-corrected chi connectivity index (χ0v) is 13.6. The molecule has 1 aliphatic heterocycles. The van der Waals surface area contributed by atoms with Crippen LogP contribution in [0.1, 0.15) is 38.2 Å². The Balaban J connectivity index is 1.71. The fraction of sp³-hybridized carbons (Fsp3) is 0.529. The van der Waals surface area contributed by atoms with Gasteiger partial charge in [-0.3, -0.25) is 4.79 Å². The number of ether oxygens (including phenoxy) is 1. The van der Waals surface area contributed by atoms with Crippen LogP contribution in [0.5, 0.6) is 0 Å². The molecule has 1 N–H and O–H groups in total. The molecule has 0 saturated carbocycles. The quantitative estimate of drug-likeness (QED) is 0.645. The van der Waals surface area contributed by atoms with Gasteiger partial charge in [-0.05, 0) is 49.8 Å². The Morgan fingerprint density at radius 3 is 2.86 bits per heavy atom. The van der Waals surface area contributed by atoms with E-state index in [4.69, 9.17) is 16.3 Å². The van der Waals surface area contributed by atoms with Crippen molar-refractivity contribution in [3.63, 3.8) is 0 Å². The van der Waals surface area contributed by atoms with Crippen molar-refractivity contribution in [2.45, 2.75) is 45.1 Å². The summed E-state index contributed by atoms with van der Waals surface area (Å²) in [7, 11) is 0. The van der Waals surface area contributed by atoms with Crippen molar-refractivity contribution in [3.05, 3.63) is 34.9 Å². The van der Waals surface area contributed by atoms with Crippen LogP contribution < -0.4 is 5.32 Å². The van der Waals surface area contributed by atoms with Crippen LogP contribution in [0.4, 0.5) is 0 Å². The molecule has 4 nitrogen and oxygen atoms in total. The molecule has 1 heterocycles. The zero-order valence-electron chi connectivity index (χ0n) is 12.8. The molecule has 120 valence electrons. The van der Waals surface area contributed by atoms with Gasteiger partial charge in [-0.25, -0.2) is 4.79 Å². The van der Waals surface area contributed by atoms with Crippen LogP contribution in [0.2, 0.25) is 5.02 Å². The number of carbonyl (C=O) groups is 2. The molecule has 0 spiro atoms. The van der Waals surface area contributed by atoms with Crippen molar-refractivity contribution in [1.29, 1.82) is 0 Å². The Hall–Kier alpha value is -1.39. The number of carbonyl (C=O) groups excluding carboxylic acids is 2. The van der Waals surface area contributed by atoms with Gasteiger partial charge in [0.05, 0.1) is 0 Å². The second-order valence-corrected chi connectivity index (χ2v) is 6.29. The van der Waals surface area contributed by atoms with Gasteiger partial charge in [-0.1, -0.05) is 36.7 Å². The van der Waals surface area contributed by atoms with E-state index in [0.29, 0.717) is 12.3 Å². The van der Waals surface area contributed by atoms with Crippen molar-refractivity contribution >= 4 is 23.5 Å². The van der Waals surface area contributed by atoms with Gasteiger partial charge in [0.2, 0.25) is 0 Å². The van der Waals surface area contributed by atoms with E-state index < -0.39 is 11.9 Å². The molecule has 2 rings (SSSR count). The van der Waals surface area contributed by atoms with Gasteiger partial charge < -0.3 is 10.1 Å². The number of nitrogens with one attached hydrogen (secondary N) is 1. The van der Waals surface area contributed by atoms with Crippen molar-refractivity contribution in [3.8, 4) is 0 Å². The first-order valence-corrected chi connectivity index (χ1v) is 8.15. The lowest BCUT2D eigenvalue weighted by atomic mass is 9.96. The first kappa shape index (κ1) is 17.0. The molecule has 1 aliphatic rings. The van der Waals surface area contributed by atoms with Crippen LogP contribution in [0.15, 0.2) is 24.3 Å². The van der Waals surface area contributed by atoms with Crippen LogP contribution in [-0.4, -0.2) is 24.5 Å². The molecule has 1 aromatic rings. The summed E-state index contributed by atoms with van der Waals surface area (Å²) < 4.78 is 4.89. The van der Waals surface area contributed by atoms with Gasteiger partial charge in [0.15, 0.2) is 0 Å². The number of hydrogen-bond donors (Lipinski definition) is 1. The van der Waals surface area contributed by atoms with E-state index in [0.717, 1.165) is 36.4 Å². The molecule has 0 radical (unpaired) electrons. The van der Waals surface area contributed by atoms with Crippen molar-refractivity contribution in [2.75, 3.05) is 6.54 Å². The minimum atomic E-state index is -0.443. The smallest absolute Gasteiger partial charge is 0.330 e. The Labute approximate surface area is 136 Å². The maximum Gasteiger partial charge on any atom is 0.330 e. The van der Waals surface area contributed by atoms with Gasteiger partial charge >= 0.3 is 11.9 Å². The van der Waals surface area contributed by atoms with Gasteiger partial charge in [0, 0.05) is 11.4 Å². The van der Waals surface area contributed by atoms with Crippen molar-refractivity contribution in [1.82, 2.24) is 5.32 Å². The van der Waals surface area contributed by atoms with E-state index in [1.807, 2.05) is 24.3 Å². The van der Waals surface area contributed by atoms with Gasteiger partial charge in [0.25, 0.3) is 0 Å². The van der Waals surface area contributed by atoms with Crippen LogP contribution in [0, 0.1) is 5.92 Å². The number of benzene rings is 1. The van der Waals surface area contributed by atoms with Crippen molar-refractivity contribution < 1.29 is 14.3 Å². The Bertz CT molecular complexity index is 526. The Morgan fingerprint density at radius 1 is 1.41 bits per heavy atom. The first-order valence-electron chi connectivity index (χ1n) is 7.77. The fourth-order valence-electron chi connectivity index (χ4n) is 2.63. The molecular weight excluding hydrogens is 302 g/mol. The summed E-state index contributed by atoms with van der Waals surface area (Å²) in [5.74, 6) is -0.585. The second-order valence-electron chi connectivity index (χ2n) is 5.88. The summed E-state index contributed by atoms with van der Waals surface area (Å²) in [6.45, 7) is 2.87. The molecule has 1 fully saturated rings. The van der Waals surface area contributed by atoms with Crippen molar-refractivity contribution in [2.24, 2.45) is 5.92 Å². The predicted molar refractivity (Wildman–Crippen MR) is 85.7 cm³/mol. The third kappa shape index (κ3) is 5.11. The van der Waals surface area contributed by atoms with Gasteiger partial charge in [-0.15, -0.1) is 0 Å². The summed E-state index contributed by atoms with van der Waals surface area (Å²) in [5, 5.41) is 3.77. The molecule has 1 aromatic carbocycles. The monoisotopic (exact) mass is 323 g/mol. The van der Waals surface area contributed by atoms with E-state index in [1.54, 1.807) is 0 Å². The van der Waals surface area contributed by atoms with Crippen LogP contribution in [0.3, 0.4) is 0 Å². The average molecular weight is 324 g/mol. The van der Waals surface area contributed by atoms with E-state index in [1.165, 1.54) is 0 Å². The summed E-state index contributed by atoms with van der Waals surface area (Å²) in [5.41, 5.74) is 1.08. The standard InChI is InChI=1S/C17H22ClNO3/c1-12(11-13-5-2-3-6-14(13)18)8-9-16(20)22-17(21)15-7-4-10-19-15/h2-3,5-6,12,15,19H,4,7-11H2,1H3. The van der Waals surface area contributed by atoms with E-state index in [9.17, 15) is 9.59 Å². The average Bonchev–Trinajstić information content (AvgIpc) is 3.02. The number of rotatable bonds is 6. The van der Waals surface area contributed by atoms with Crippen LogP contribution in [-0.2, 0) is 20.7 Å². The highest BCUT2D eigenvalue weighted by atomic mass is 35.5. The molecule has 0 bridgehead atoms. The minimum absolute atomic E-state index is 0.254. The van der Waals surface area contributed by atoms with E-state index in [2.05, 4.69) is 12.2 Å². The maximum absolute atomic E-state index is 11.7. The lowest BCUT2D eigenvalue weighted by Crippen LogP contribution is -2.33. The Morgan fingerprint density at radius 2 is 2.18 bits per heavy atom. The highest BCUT2D eigenvalue weighted by Gasteiger charge is 2.25. The third-order valence-electron chi connectivity index (χ3n) is 3.93. The van der Waals surface area contributed by atoms with E-state index >= 15 is 0 Å². The largest absolute Gasteiger partial charge is 0.392 e. The number of halogens is 1. The minimum Gasteiger partial charge on any atom is -0.392 e. The zero-order chi connectivity index (χ0) is 15.9. The molecule has 22 heavy (non-hydrogen) atoms. The molecule has 2 atom stereocenters. The molecule has 0 aliphatic carbocycles. The molecule has 5 heteroatoms. The number of hydrogen-bond acceptors (Lipinski definition) is 4. The molecule has 1 saturated heterocycles. The normalized spacial score (nSPS) is 18.9. The summed E-state index contributed by atoms with van der Waals surface area (Å²) in [6, 6.07) is 7.40. The fourth-order valence-corrected chi connectivity index (χ4v) is 2.84. The topological polar surface area (TPSA) is 55.4 Å². The summed E-state index contributed by atoms with van der Waals surface area (Å²) >= 11 is 6.13. The second kappa shape index (κ2) is 8.30. The first-order chi connectivity index (χ1) is 10.6. The van der Waals surface area contributed by atoms with Crippen LogP contribution >= 0.6 is 11.6 Å². The molecule has 0 amide bonds. The lowest BCUT2D eigenvalue weighted by Gasteiger charge is -2.13. The Kier molecular flexibility index (Phi) is 6.40. The molecule has 2 unspecified atom stereocenters. The highest BCUT2D eigenvalue weighted by molar-refractivity contribution is 6.31. The molecular formula is C17H22ClNO3. The van der Waals surface area contributed by atoms with Gasteiger partial charge in [-0.2, -0.15) is 0 Å². The van der Waals surface area contributed by atoms with Gasteiger partial charge in [0.1, 0.15) is 6.04 Å². The van der Waals surface area contributed by atoms with Crippen LogP contribution in [0.25, 0.3) is 0 Å². The SMILES string of the molecule is CC(CCC(=O)OC(=O)C1CCCN1)Cc1ccccc1Cl. The lowest BCUT2D eigenvalue weighted by molar-refractivity contribution is -0.161. The maximum atomic E-state index is 11.7. The highest BCUT2D eigenvalue weighted by Crippen LogP contribution is 2.21.